The van der Waals surface area contributed by atoms with Gasteiger partial charge in [-0.25, -0.2) is 8.42 Å². The van der Waals surface area contributed by atoms with Crippen molar-refractivity contribution in [2.24, 2.45) is 0 Å². The zero-order valence-corrected chi connectivity index (χ0v) is 15.5. The molecule has 0 atom stereocenters. The Kier molecular flexibility index (Phi) is 6.69. The lowest BCUT2D eigenvalue weighted by atomic mass is 10.1. The third-order valence-corrected chi connectivity index (χ3v) is 5.23. The van der Waals surface area contributed by atoms with E-state index in [4.69, 9.17) is 4.74 Å². The molecular weight excluding hydrogens is 354 g/mol. The van der Waals surface area contributed by atoms with Gasteiger partial charge >= 0.3 is 0 Å². The lowest BCUT2D eigenvalue weighted by Gasteiger charge is -2.22. The Balaban J connectivity index is 2.76. The first kappa shape index (κ1) is 18.5. The number of para-hydroxylation sites is 1. The van der Waals surface area contributed by atoms with E-state index in [0.717, 1.165) is 10.0 Å². The number of hydrogen-bond acceptors (Lipinski definition) is 4. The van der Waals surface area contributed by atoms with Crippen LogP contribution in [0.5, 0.6) is 5.75 Å². The van der Waals surface area contributed by atoms with E-state index in [2.05, 4.69) is 42.0 Å². The Morgan fingerprint density at radius 3 is 2.52 bits per heavy atom. The van der Waals surface area contributed by atoms with Gasteiger partial charge in [-0.3, -0.25) is 0 Å². The molecule has 120 valence electrons. The highest BCUT2D eigenvalue weighted by molar-refractivity contribution is 9.10. The van der Waals surface area contributed by atoms with Gasteiger partial charge in [0.05, 0.1) is 10.2 Å². The lowest BCUT2D eigenvalue weighted by molar-refractivity contribution is 0.331. The summed E-state index contributed by atoms with van der Waals surface area (Å²) in [5.74, 6) is 0.891. The molecule has 0 saturated carbocycles. The van der Waals surface area contributed by atoms with E-state index in [1.165, 1.54) is 0 Å². The highest BCUT2D eigenvalue weighted by Crippen LogP contribution is 2.29. The fourth-order valence-corrected chi connectivity index (χ4v) is 2.78. The molecule has 21 heavy (non-hydrogen) atoms. The maximum Gasteiger partial charge on any atom is 0.153 e. The van der Waals surface area contributed by atoms with Crippen LogP contribution in [-0.2, 0) is 16.4 Å². The van der Waals surface area contributed by atoms with Gasteiger partial charge in [0, 0.05) is 23.4 Å². The molecule has 1 aromatic rings. The molecule has 0 fully saturated rings. The standard InChI is InChI=1S/C15H24BrNO3S/c1-5-21(18,19)10-9-20-14-12(7-6-8-13(14)16)11-17-15(2,3)4/h6-8,17H,5,9-11H2,1-4H3. The smallest absolute Gasteiger partial charge is 0.153 e. The van der Waals surface area contributed by atoms with E-state index < -0.39 is 9.84 Å². The highest BCUT2D eigenvalue weighted by Gasteiger charge is 2.14. The first-order chi connectivity index (χ1) is 9.64. The quantitative estimate of drug-likeness (QED) is 0.792. The number of halogens is 1. The Bertz CT molecular complexity index is 565. The summed E-state index contributed by atoms with van der Waals surface area (Å²) < 4.78 is 29.6. The van der Waals surface area contributed by atoms with E-state index in [-0.39, 0.29) is 23.7 Å². The van der Waals surface area contributed by atoms with Crippen LogP contribution >= 0.6 is 15.9 Å². The van der Waals surface area contributed by atoms with Gasteiger partial charge in [0.1, 0.15) is 12.4 Å². The van der Waals surface area contributed by atoms with Crippen molar-refractivity contribution in [1.29, 1.82) is 0 Å². The van der Waals surface area contributed by atoms with E-state index >= 15 is 0 Å². The minimum absolute atomic E-state index is 0.00510. The fourth-order valence-electron chi connectivity index (χ4n) is 1.63. The Hall–Kier alpha value is -0.590. The summed E-state index contributed by atoms with van der Waals surface area (Å²) in [6.07, 6.45) is 0. The third-order valence-electron chi connectivity index (χ3n) is 2.94. The number of hydrogen-bond donors (Lipinski definition) is 1. The second-order valence-electron chi connectivity index (χ2n) is 5.92. The lowest BCUT2D eigenvalue weighted by Crippen LogP contribution is -2.35. The van der Waals surface area contributed by atoms with Gasteiger partial charge in [-0.05, 0) is 42.8 Å². The molecule has 0 aliphatic carbocycles. The molecule has 4 nitrogen and oxygen atoms in total. The first-order valence-corrected chi connectivity index (χ1v) is 9.62. The molecular formula is C15H24BrNO3S. The molecule has 0 saturated heterocycles. The maximum atomic E-state index is 11.5. The van der Waals surface area contributed by atoms with E-state index in [9.17, 15) is 8.42 Å². The van der Waals surface area contributed by atoms with Gasteiger partial charge in [-0.2, -0.15) is 0 Å². The van der Waals surface area contributed by atoms with E-state index in [1.54, 1.807) is 6.92 Å². The minimum atomic E-state index is -3.01. The second kappa shape index (κ2) is 7.61. The maximum absolute atomic E-state index is 11.5. The van der Waals surface area contributed by atoms with Crippen molar-refractivity contribution in [3.63, 3.8) is 0 Å². The van der Waals surface area contributed by atoms with Crippen molar-refractivity contribution in [3.05, 3.63) is 28.2 Å². The van der Waals surface area contributed by atoms with Crippen molar-refractivity contribution in [1.82, 2.24) is 5.32 Å². The molecule has 0 amide bonds. The summed E-state index contributed by atoms with van der Waals surface area (Å²) >= 11 is 3.46. The SMILES string of the molecule is CCS(=O)(=O)CCOc1c(Br)cccc1CNC(C)(C)C. The molecule has 1 rings (SSSR count). The normalized spacial score (nSPS) is 12.4. The average molecular weight is 378 g/mol. The van der Waals surface area contributed by atoms with Gasteiger partial charge in [0.2, 0.25) is 0 Å². The Morgan fingerprint density at radius 1 is 1.29 bits per heavy atom. The Morgan fingerprint density at radius 2 is 1.95 bits per heavy atom. The molecule has 0 unspecified atom stereocenters. The number of sulfone groups is 1. The molecule has 0 bridgehead atoms. The molecule has 0 aliphatic heterocycles. The zero-order valence-electron chi connectivity index (χ0n) is 13.1. The highest BCUT2D eigenvalue weighted by atomic mass is 79.9. The van der Waals surface area contributed by atoms with Crippen LogP contribution in [0.2, 0.25) is 0 Å². The van der Waals surface area contributed by atoms with Crippen LogP contribution in [0.15, 0.2) is 22.7 Å². The molecule has 0 heterocycles. The summed E-state index contributed by atoms with van der Waals surface area (Å²) in [5.41, 5.74) is 1.01. The summed E-state index contributed by atoms with van der Waals surface area (Å²) in [5, 5.41) is 3.40. The van der Waals surface area contributed by atoms with Crippen molar-refractivity contribution in [3.8, 4) is 5.75 Å². The van der Waals surface area contributed by atoms with Crippen molar-refractivity contribution in [2.45, 2.75) is 39.8 Å². The molecule has 0 aliphatic rings. The van der Waals surface area contributed by atoms with Crippen LogP contribution in [0.4, 0.5) is 0 Å². The Labute approximate surface area is 136 Å². The average Bonchev–Trinajstić information content (AvgIpc) is 2.38. The molecule has 6 heteroatoms. The minimum Gasteiger partial charge on any atom is -0.491 e. The van der Waals surface area contributed by atoms with Crippen molar-refractivity contribution in [2.75, 3.05) is 18.1 Å². The monoisotopic (exact) mass is 377 g/mol. The van der Waals surface area contributed by atoms with Crippen LogP contribution in [0.1, 0.15) is 33.3 Å². The summed E-state index contributed by atoms with van der Waals surface area (Å²) in [7, 11) is -3.01. The number of benzene rings is 1. The number of nitrogens with one attached hydrogen (secondary N) is 1. The predicted molar refractivity (Wildman–Crippen MR) is 90.6 cm³/mol. The van der Waals surface area contributed by atoms with Crippen LogP contribution in [-0.4, -0.2) is 32.1 Å². The van der Waals surface area contributed by atoms with Crippen molar-refractivity contribution >= 4 is 25.8 Å². The number of rotatable bonds is 7. The molecule has 1 aromatic carbocycles. The van der Waals surface area contributed by atoms with E-state index in [1.807, 2.05) is 18.2 Å². The summed E-state index contributed by atoms with van der Waals surface area (Å²) in [4.78, 5) is 0. The van der Waals surface area contributed by atoms with Crippen LogP contribution in [0.3, 0.4) is 0 Å². The second-order valence-corrected chi connectivity index (χ2v) is 9.24. The number of ether oxygens (including phenoxy) is 1. The largest absolute Gasteiger partial charge is 0.491 e. The van der Waals surface area contributed by atoms with Gasteiger partial charge in [0.25, 0.3) is 0 Å². The summed E-state index contributed by atoms with van der Waals surface area (Å²) in [6.45, 7) is 8.77. The van der Waals surface area contributed by atoms with Gasteiger partial charge in [0.15, 0.2) is 9.84 Å². The fraction of sp³-hybridized carbons (Fsp3) is 0.600. The van der Waals surface area contributed by atoms with Gasteiger partial charge in [-0.15, -0.1) is 0 Å². The molecule has 1 N–H and O–H groups in total. The molecule has 0 radical (unpaired) electrons. The summed E-state index contributed by atoms with van der Waals surface area (Å²) in [6, 6.07) is 5.82. The first-order valence-electron chi connectivity index (χ1n) is 7.00. The zero-order chi connectivity index (χ0) is 16.1. The van der Waals surface area contributed by atoms with E-state index in [0.29, 0.717) is 12.3 Å². The third kappa shape index (κ3) is 6.80. The van der Waals surface area contributed by atoms with Crippen LogP contribution < -0.4 is 10.1 Å². The van der Waals surface area contributed by atoms with Gasteiger partial charge < -0.3 is 10.1 Å². The topological polar surface area (TPSA) is 55.4 Å². The molecule has 0 aromatic heterocycles. The van der Waals surface area contributed by atoms with Gasteiger partial charge in [-0.1, -0.05) is 19.1 Å². The predicted octanol–water partition coefficient (Wildman–Crippen LogP) is 3.15. The van der Waals surface area contributed by atoms with Crippen molar-refractivity contribution < 1.29 is 13.2 Å². The molecule has 0 spiro atoms. The van der Waals surface area contributed by atoms with Crippen LogP contribution in [0.25, 0.3) is 0 Å². The van der Waals surface area contributed by atoms with Crippen LogP contribution in [0, 0.1) is 0 Å².